The summed E-state index contributed by atoms with van der Waals surface area (Å²) in [6, 6.07) is 12.3. The van der Waals surface area contributed by atoms with Crippen LogP contribution in [0.4, 0.5) is 11.4 Å². The van der Waals surface area contributed by atoms with E-state index in [1.807, 2.05) is 13.0 Å². The van der Waals surface area contributed by atoms with Gasteiger partial charge in [-0.2, -0.15) is 0 Å². The average Bonchev–Trinajstić information content (AvgIpc) is 2.97. The predicted octanol–water partition coefficient (Wildman–Crippen LogP) is 3.48. The number of carboxylic acids is 1. The number of carboxylic acid groups (broad SMARTS) is 1. The molecule has 1 aliphatic heterocycles. The van der Waals surface area contributed by atoms with Crippen molar-refractivity contribution in [2.24, 2.45) is 11.8 Å². The van der Waals surface area contributed by atoms with Gasteiger partial charge in [0.05, 0.1) is 28.7 Å². The number of fused-ring (bicyclic) bond motifs is 1. The van der Waals surface area contributed by atoms with Crippen molar-refractivity contribution in [3.63, 3.8) is 0 Å². The van der Waals surface area contributed by atoms with Gasteiger partial charge in [0.2, 0.25) is 11.8 Å². The Labute approximate surface area is 173 Å². The van der Waals surface area contributed by atoms with Crippen molar-refractivity contribution in [3.8, 4) is 0 Å². The normalized spacial score (nSPS) is 20.6. The number of carbonyl (C=O) groups excluding carboxylic acids is 3. The SMILES string of the molecule is CC1=CC[C@H]2C(=O)N(c3ccccc3C(=O)Nc3cccc(C(=O)O)c3)C(=O)[C@@H]2C1. The Balaban J connectivity index is 1.64. The van der Waals surface area contributed by atoms with E-state index in [1.54, 1.807) is 24.3 Å². The van der Waals surface area contributed by atoms with Gasteiger partial charge < -0.3 is 10.4 Å². The van der Waals surface area contributed by atoms with Crippen molar-refractivity contribution in [1.82, 2.24) is 0 Å². The number of anilines is 2. The van der Waals surface area contributed by atoms with Gasteiger partial charge in [-0.3, -0.25) is 14.4 Å². The second kappa shape index (κ2) is 7.59. The number of aromatic carboxylic acids is 1. The maximum absolute atomic E-state index is 13.0. The zero-order chi connectivity index (χ0) is 21.4. The van der Waals surface area contributed by atoms with Crippen LogP contribution in [0.1, 0.15) is 40.5 Å². The molecule has 2 aliphatic rings. The van der Waals surface area contributed by atoms with Crippen LogP contribution in [0.25, 0.3) is 0 Å². The Morgan fingerprint density at radius 1 is 1.03 bits per heavy atom. The highest BCUT2D eigenvalue weighted by atomic mass is 16.4. The smallest absolute Gasteiger partial charge is 0.335 e. The molecule has 152 valence electrons. The fourth-order valence-electron chi connectivity index (χ4n) is 4.06. The van der Waals surface area contributed by atoms with Gasteiger partial charge in [-0.1, -0.05) is 29.8 Å². The summed E-state index contributed by atoms with van der Waals surface area (Å²) in [5.41, 5.74) is 1.85. The van der Waals surface area contributed by atoms with E-state index < -0.39 is 23.7 Å². The number of nitrogens with zero attached hydrogens (tertiary/aromatic N) is 1. The largest absolute Gasteiger partial charge is 0.478 e. The molecule has 0 unspecified atom stereocenters. The lowest BCUT2D eigenvalue weighted by Gasteiger charge is -2.19. The van der Waals surface area contributed by atoms with Crippen LogP contribution in [-0.2, 0) is 9.59 Å². The molecule has 1 heterocycles. The van der Waals surface area contributed by atoms with Gasteiger partial charge in [0.15, 0.2) is 0 Å². The van der Waals surface area contributed by atoms with Crippen LogP contribution in [0.15, 0.2) is 60.2 Å². The molecule has 0 aromatic heterocycles. The minimum Gasteiger partial charge on any atom is -0.478 e. The first-order valence-electron chi connectivity index (χ1n) is 9.64. The molecule has 30 heavy (non-hydrogen) atoms. The van der Waals surface area contributed by atoms with Crippen LogP contribution in [0, 0.1) is 11.8 Å². The summed E-state index contributed by atoms with van der Waals surface area (Å²) in [5, 5.41) is 11.8. The van der Waals surface area contributed by atoms with E-state index in [1.165, 1.54) is 24.3 Å². The molecular weight excluding hydrogens is 384 g/mol. The lowest BCUT2D eigenvalue weighted by atomic mass is 9.82. The summed E-state index contributed by atoms with van der Waals surface area (Å²) < 4.78 is 0. The highest BCUT2D eigenvalue weighted by Crippen LogP contribution is 2.40. The number of rotatable bonds is 4. The Morgan fingerprint density at radius 2 is 1.77 bits per heavy atom. The van der Waals surface area contributed by atoms with Crippen LogP contribution in [0.2, 0.25) is 0 Å². The topological polar surface area (TPSA) is 104 Å². The van der Waals surface area contributed by atoms with Crippen molar-refractivity contribution in [1.29, 1.82) is 0 Å². The molecule has 2 aromatic rings. The van der Waals surface area contributed by atoms with Gasteiger partial charge in [0.25, 0.3) is 5.91 Å². The Kier molecular flexibility index (Phi) is 4.95. The molecule has 1 aliphatic carbocycles. The van der Waals surface area contributed by atoms with Crippen LogP contribution >= 0.6 is 0 Å². The third-order valence-electron chi connectivity index (χ3n) is 5.58. The molecule has 0 radical (unpaired) electrons. The third-order valence-corrected chi connectivity index (χ3v) is 5.58. The van der Waals surface area contributed by atoms with E-state index in [-0.39, 0.29) is 28.6 Å². The highest BCUT2D eigenvalue weighted by molar-refractivity contribution is 6.25. The first-order valence-corrected chi connectivity index (χ1v) is 9.64. The minimum absolute atomic E-state index is 0.0397. The van der Waals surface area contributed by atoms with E-state index >= 15 is 0 Å². The molecule has 1 saturated heterocycles. The number of carbonyl (C=O) groups is 4. The number of allylic oxidation sites excluding steroid dienone is 2. The highest BCUT2D eigenvalue weighted by Gasteiger charge is 2.49. The van der Waals surface area contributed by atoms with Gasteiger partial charge >= 0.3 is 5.97 Å². The van der Waals surface area contributed by atoms with Crippen LogP contribution in [0.3, 0.4) is 0 Å². The quantitative estimate of drug-likeness (QED) is 0.600. The van der Waals surface area contributed by atoms with E-state index in [2.05, 4.69) is 5.32 Å². The van der Waals surface area contributed by atoms with E-state index in [9.17, 15) is 19.2 Å². The molecule has 2 N–H and O–H groups in total. The van der Waals surface area contributed by atoms with E-state index in [0.29, 0.717) is 18.5 Å². The summed E-state index contributed by atoms with van der Waals surface area (Å²) in [5.74, 6) is -3.01. The first kappa shape index (κ1) is 19.6. The standard InChI is InChI=1S/C23H20N2O5/c1-13-9-10-16-18(11-13)22(28)25(21(16)27)19-8-3-2-7-17(19)20(26)24-15-6-4-5-14(12-15)23(29)30/h2-9,12,16,18H,10-11H2,1H3,(H,24,26)(H,29,30)/t16-,18-/m1/s1. The summed E-state index contributed by atoms with van der Waals surface area (Å²) >= 11 is 0. The number of hydrogen-bond donors (Lipinski definition) is 2. The molecule has 2 aromatic carbocycles. The molecule has 4 rings (SSSR count). The Morgan fingerprint density at radius 3 is 2.53 bits per heavy atom. The van der Waals surface area contributed by atoms with Gasteiger partial charge in [0.1, 0.15) is 0 Å². The zero-order valence-electron chi connectivity index (χ0n) is 16.3. The van der Waals surface area contributed by atoms with Crippen LogP contribution in [0.5, 0.6) is 0 Å². The average molecular weight is 404 g/mol. The second-order valence-electron chi connectivity index (χ2n) is 7.57. The van der Waals surface area contributed by atoms with Gasteiger partial charge in [0, 0.05) is 5.69 Å². The molecule has 0 spiro atoms. The maximum Gasteiger partial charge on any atom is 0.335 e. The fourth-order valence-corrected chi connectivity index (χ4v) is 4.06. The van der Waals surface area contributed by atoms with E-state index in [0.717, 1.165) is 10.5 Å². The van der Waals surface area contributed by atoms with Crippen molar-refractivity contribution in [2.45, 2.75) is 19.8 Å². The van der Waals surface area contributed by atoms with Crippen molar-refractivity contribution >= 4 is 35.1 Å². The third kappa shape index (κ3) is 3.39. The second-order valence-corrected chi connectivity index (χ2v) is 7.57. The molecular formula is C23H20N2O5. The van der Waals surface area contributed by atoms with Gasteiger partial charge in [-0.25, -0.2) is 9.69 Å². The number of nitrogens with one attached hydrogen (secondary N) is 1. The lowest BCUT2D eigenvalue weighted by molar-refractivity contribution is -0.122. The summed E-state index contributed by atoms with van der Waals surface area (Å²) in [4.78, 5) is 51.2. The van der Waals surface area contributed by atoms with Crippen molar-refractivity contribution in [2.75, 3.05) is 10.2 Å². The number of imide groups is 1. The molecule has 3 amide bonds. The van der Waals surface area contributed by atoms with E-state index in [4.69, 9.17) is 5.11 Å². The van der Waals surface area contributed by atoms with Gasteiger partial charge in [-0.15, -0.1) is 0 Å². The van der Waals surface area contributed by atoms with Gasteiger partial charge in [-0.05, 0) is 50.1 Å². The molecule has 7 heteroatoms. The molecule has 1 fully saturated rings. The zero-order valence-corrected chi connectivity index (χ0v) is 16.3. The lowest BCUT2D eigenvalue weighted by Crippen LogP contribution is -2.33. The number of benzene rings is 2. The molecule has 2 atom stereocenters. The number of para-hydroxylation sites is 1. The van der Waals surface area contributed by atoms with Crippen LogP contribution < -0.4 is 10.2 Å². The van der Waals surface area contributed by atoms with Crippen LogP contribution in [-0.4, -0.2) is 28.8 Å². The molecule has 7 nitrogen and oxygen atoms in total. The molecule has 0 bridgehead atoms. The fraction of sp³-hybridized carbons (Fsp3) is 0.217. The summed E-state index contributed by atoms with van der Waals surface area (Å²) in [6.07, 6.45) is 3.06. The van der Waals surface area contributed by atoms with Crippen molar-refractivity contribution in [3.05, 3.63) is 71.3 Å². The minimum atomic E-state index is -1.11. The molecule has 0 saturated carbocycles. The first-order chi connectivity index (χ1) is 14.4. The Hall–Kier alpha value is -3.74. The summed E-state index contributed by atoms with van der Waals surface area (Å²) in [6.45, 7) is 1.95. The number of amides is 3. The number of hydrogen-bond acceptors (Lipinski definition) is 4. The monoisotopic (exact) mass is 404 g/mol. The Bertz CT molecular complexity index is 1100. The maximum atomic E-state index is 13.0. The predicted molar refractivity (Wildman–Crippen MR) is 110 cm³/mol. The summed E-state index contributed by atoms with van der Waals surface area (Å²) in [7, 11) is 0. The van der Waals surface area contributed by atoms with Crippen molar-refractivity contribution < 1.29 is 24.3 Å².